The molecule has 7 nitrogen and oxygen atoms in total. The van der Waals surface area contributed by atoms with Gasteiger partial charge in [-0.25, -0.2) is 4.98 Å². The molecule has 6 rings (SSSR count). The third-order valence-corrected chi connectivity index (χ3v) is 6.53. The molecule has 0 aliphatic carbocycles. The third-order valence-electron chi connectivity index (χ3n) is 6.25. The Labute approximate surface area is 185 Å². The van der Waals surface area contributed by atoms with Crippen LogP contribution in [0.1, 0.15) is 6.42 Å². The van der Waals surface area contributed by atoms with Crippen molar-refractivity contribution in [3.63, 3.8) is 0 Å². The van der Waals surface area contributed by atoms with E-state index in [-0.39, 0.29) is 18.3 Å². The van der Waals surface area contributed by atoms with E-state index in [0.29, 0.717) is 17.5 Å². The fraction of sp³-hybridized carbons (Fsp3) is 0.435. The van der Waals surface area contributed by atoms with Crippen molar-refractivity contribution in [2.24, 2.45) is 0 Å². The smallest absolute Gasteiger partial charge is 0.193 e. The van der Waals surface area contributed by atoms with E-state index in [0.717, 1.165) is 61.6 Å². The monoisotopic (exact) mass is 441 g/mol. The van der Waals surface area contributed by atoms with E-state index in [1.54, 1.807) is 0 Å². The fourth-order valence-electron chi connectivity index (χ4n) is 4.62. The van der Waals surface area contributed by atoms with Crippen LogP contribution in [0.25, 0.3) is 22.3 Å². The zero-order chi connectivity index (χ0) is 20.8. The summed E-state index contributed by atoms with van der Waals surface area (Å²) in [5, 5.41) is 0.600. The van der Waals surface area contributed by atoms with Gasteiger partial charge < -0.3 is 28.8 Å². The van der Waals surface area contributed by atoms with Gasteiger partial charge in [-0.15, -0.1) is 0 Å². The Kier molecular flexibility index (Phi) is 4.99. The quantitative estimate of drug-likeness (QED) is 0.666. The van der Waals surface area contributed by atoms with Crippen LogP contribution < -0.4 is 9.64 Å². The number of hydrogen-bond donors (Lipinski definition) is 1. The van der Waals surface area contributed by atoms with Gasteiger partial charge in [0.15, 0.2) is 12.0 Å². The van der Waals surface area contributed by atoms with Crippen molar-refractivity contribution in [1.82, 2.24) is 9.97 Å². The van der Waals surface area contributed by atoms with Crippen LogP contribution in [-0.2, 0) is 14.2 Å². The molecule has 3 saturated heterocycles. The summed E-state index contributed by atoms with van der Waals surface area (Å²) in [6, 6.07) is 12.2. The van der Waals surface area contributed by atoms with E-state index in [1.807, 2.05) is 12.1 Å². The van der Waals surface area contributed by atoms with Crippen molar-refractivity contribution in [3.8, 4) is 17.1 Å². The van der Waals surface area contributed by atoms with Crippen LogP contribution in [0.3, 0.4) is 0 Å². The minimum atomic E-state index is -0.108. The molecule has 5 heterocycles. The molecule has 31 heavy (non-hydrogen) atoms. The van der Waals surface area contributed by atoms with Gasteiger partial charge >= 0.3 is 0 Å². The number of aromatic amines is 1. The van der Waals surface area contributed by atoms with Crippen molar-refractivity contribution in [2.45, 2.75) is 24.7 Å². The Hall–Kier alpha value is -2.32. The van der Waals surface area contributed by atoms with E-state index in [4.69, 9.17) is 35.5 Å². The average Bonchev–Trinajstić information content (AvgIpc) is 3.51. The molecule has 1 aromatic carbocycles. The maximum absolute atomic E-state index is 6.59. The first-order valence-corrected chi connectivity index (χ1v) is 11.1. The van der Waals surface area contributed by atoms with Gasteiger partial charge in [0.1, 0.15) is 6.10 Å². The summed E-state index contributed by atoms with van der Waals surface area (Å²) in [5.74, 6) is 0.656. The predicted octanol–water partition coefficient (Wildman–Crippen LogP) is 3.66. The minimum absolute atomic E-state index is 0.00324. The van der Waals surface area contributed by atoms with Gasteiger partial charge in [-0.1, -0.05) is 23.7 Å². The van der Waals surface area contributed by atoms with Gasteiger partial charge in [0.25, 0.3) is 0 Å². The first-order valence-electron chi connectivity index (χ1n) is 10.8. The molecule has 3 fully saturated rings. The van der Waals surface area contributed by atoms with Crippen molar-refractivity contribution in [1.29, 1.82) is 0 Å². The summed E-state index contributed by atoms with van der Waals surface area (Å²) in [5.41, 5.74) is 4.59. The van der Waals surface area contributed by atoms with E-state index in [2.05, 4.69) is 34.1 Å². The summed E-state index contributed by atoms with van der Waals surface area (Å²) in [6.45, 7) is 4.63. The number of rotatable bonds is 4. The average molecular weight is 442 g/mol. The van der Waals surface area contributed by atoms with Crippen molar-refractivity contribution < 1.29 is 18.9 Å². The molecule has 162 valence electrons. The highest BCUT2D eigenvalue weighted by Crippen LogP contribution is 2.34. The van der Waals surface area contributed by atoms with E-state index >= 15 is 0 Å². The second kappa shape index (κ2) is 7.98. The molecule has 0 radical (unpaired) electrons. The maximum Gasteiger partial charge on any atom is 0.193 e. The molecule has 0 amide bonds. The summed E-state index contributed by atoms with van der Waals surface area (Å²) < 4.78 is 23.1. The Balaban J connectivity index is 1.24. The number of nitrogens with zero attached hydrogens (tertiary/aromatic N) is 2. The fourth-order valence-corrected chi connectivity index (χ4v) is 4.88. The number of morpholine rings is 1. The molecular weight excluding hydrogens is 418 g/mol. The highest BCUT2D eigenvalue weighted by molar-refractivity contribution is 6.33. The predicted molar refractivity (Wildman–Crippen MR) is 118 cm³/mol. The zero-order valence-corrected chi connectivity index (χ0v) is 17.8. The molecule has 0 spiro atoms. The van der Waals surface area contributed by atoms with E-state index < -0.39 is 0 Å². The Bertz CT molecular complexity index is 1080. The normalized spacial score (nSPS) is 25.8. The molecule has 3 atom stereocenters. The number of pyridine rings is 1. The molecule has 1 N–H and O–H groups in total. The number of fused-ring (bicyclic) bond motifs is 2. The number of aromatic nitrogens is 2. The molecule has 0 saturated carbocycles. The third kappa shape index (κ3) is 3.65. The van der Waals surface area contributed by atoms with Gasteiger partial charge in [0.05, 0.1) is 47.7 Å². The minimum Gasteiger partial charge on any atom is -0.470 e. The van der Waals surface area contributed by atoms with Crippen LogP contribution in [0, 0.1) is 0 Å². The molecule has 3 aromatic rings. The van der Waals surface area contributed by atoms with Crippen LogP contribution in [0.5, 0.6) is 5.88 Å². The second-order valence-electron chi connectivity index (χ2n) is 8.18. The first kappa shape index (κ1) is 19.4. The van der Waals surface area contributed by atoms with Crippen LogP contribution in [0.4, 0.5) is 5.69 Å². The largest absolute Gasteiger partial charge is 0.470 e. The number of benzene rings is 1. The highest BCUT2D eigenvalue weighted by Gasteiger charge is 2.43. The van der Waals surface area contributed by atoms with Crippen molar-refractivity contribution in [2.75, 3.05) is 44.4 Å². The number of H-pyrrole nitrogens is 1. The van der Waals surface area contributed by atoms with Crippen LogP contribution >= 0.6 is 11.6 Å². The van der Waals surface area contributed by atoms with Gasteiger partial charge in [-0.05, 0) is 24.6 Å². The number of halogens is 1. The molecule has 2 aromatic heterocycles. The van der Waals surface area contributed by atoms with Gasteiger partial charge in [0, 0.05) is 37.0 Å². The Morgan fingerprint density at radius 1 is 1.06 bits per heavy atom. The highest BCUT2D eigenvalue weighted by atomic mass is 35.5. The van der Waals surface area contributed by atoms with Gasteiger partial charge in [0.2, 0.25) is 0 Å². The lowest BCUT2D eigenvalue weighted by molar-refractivity contribution is 0.0292. The van der Waals surface area contributed by atoms with Crippen LogP contribution in [-0.4, -0.2) is 67.8 Å². The standard InChI is InChI=1S/C23H24ClN3O4/c24-16-11-17-18(12-21(25-17)31-20-13-30-19-5-8-29-23(19)20)26-22(16)14-1-3-15(4-2-14)27-6-9-28-10-7-27/h1-4,11-12,19-20,23,25H,5-10,13H2/t19?,20-,23+/m1/s1. The SMILES string of the molecule is Clc1cc2[nH]c(O[C@@H]3COC4CCO[C@@H]43)cc2nc1-c1ccc(N2CCOCC2)cc1. The molecule has 3 aliphatic rings. The number of anilines is 1. The second-order valence-corrected chi connectivity index (χ2v) is 8.59. The Morgan fingerprint density at radius 2 is 1.90 bits per heavy atom. The van der Waals surface area contributed by atoms with Gasteiger partial charge in [-0.3, -0.25) is 0 Å². The van der Waals surface area contributed by atoms with Crippen LogP contribution in [0.2, 0.25) is 5.02 Å². The van der Waals surface area contributed by atoms with Gasteiger partial charge in [-0.2, -0.15) is 0 Å². The maximum atomic E-state index is 6.59. The van der Waals surface area contributed by atoms with Crippen molar-refractivity contribution >= 4 is 28.3 Å². The molecule has 8 heteroatoms. The zero-order valence-electron chi connectivity index (χ0n) is 17.1. The van der Waals surface area contributed by atoms with Crippen molar-refractivity contribution in [3.05, 3.63) is 41.4 Å². The summed E-state index contributed by atoms with van der Waals surface area (Å²) >= 11 is 6.59. The summed E-state index contributed by atoms with van der Waals surface area (Å²) in [6.07, 6.45) is 0.975. The number of nitrogens with one attached hydrogen (secondary N) is 1. The lowest BCUT2D eigenvalue weighted by Crippen LogP contribution is -2.36. The molecular formula is C23H24ClN3O4. The molecule has 1 unspecified atom stereocenters. The summed E-state index contributed by atoms with van der Waals surface area (Å²) in [4.78, 5) is 10.4. The van der Waals surface area contributed by atoms with E-state index in [1.165, 1.54) is 5.69 Å². The lowest BCUT2D eigenvalue weighted by atomic mass is 10.1. The Morgan fingerprint density at radius 3 is 2.74 bits per heavy atom. The van der Waals surface area contributed by atoms with Crippen LogP contribution in [0.15, 0.2) is 36.4 Å². The van der Waals surface area contributed by atoms with E-state index in [9.17, 15) is 0 Å². The number of ether oxygens (including phenoxy) is 4. The molecule has 0 bridgehead atoms. The first-order chi connectivity index (χ1) is 15.2. The molecule has 3 aliphatic heterocycles. The lowest BCUT2D eigenvalue weighted by Gasteiger charge is -2.28. The number of hydrogen-bond acceptors (Lipinski definition) is 6. The topological polar surface area (TPSA) is 68.8 Å². The summed E-state index contributed by atoms with van der Waals surface area (Å²) in [7, 11) is 0.